The minimum absolute atomic E-state index is 0.220. The highest BCUT2D eigenvalue weighted by Gasteiger charge is 2.28. The van der Waals surface area contributed by atoms with E-state index < -0.39 is 12.6 Å². The quantitative estimate of drug-likeness (QED) is 0.351. The number of nitrogens with zero attached hydrogens (tertiary/aromatic N) is 7. The Morgan fingerprint density at radius 1 is 1.07 bits per heavy atom. The summed E-state index contributed by atoms with van der Waals surface area (Å²) in [5.74, 6) is 0.0335. The van der Waals surface area contributed by atoms with Crippen LogP contribution in [0.5, 0.6) is 0 Å². The molecule has 1 aromatic heterocycles. The van der Waals surface area contributed by atoms with Crippen LogP contribution in [0.2, 0.25) is 0 Å². The first-order valence-electron chi connectivity index (χ1n) is 14.6. The normalized spacial score (nSPS) is 18.1. The van der Waals surface area contributed by atoms with Crippen LogP contribution in [0, 0.1) is 23.2 Å². The summed E-state index contributed by atoms with van der Waals surface area (Å²) in [6.45, 7) is 4.20. The molecule has 2 aromatic carbocycles. The number of benzene rings is 2. The minimum atomic E-state index is -0.673. The molecule has 0 radical (unpaired) electrons. The summed E-state index contributed by atoms with van der Waals surface area (Å²) in [5.41, 5.74) is 6.85. The molecular weight excluding hydrogens is 521 g/mol. The van der Waals surface area contributed by atoms with Crippen LogP contribution in [0.25, 0.3) is 0 Å². The molecule has 2 aliphatic rings. The maximum atomic E-state index is 13.6. The molecule has 0 unspecified atom stereocenters. The number of fused-ring (bicyclic) bond motifs is 1. The molecular formula is C31H38FN7O2. The molecule has 3 aromatic rings. The Morgan fingerprint density at radius 2 is 1.80 bits per heavy atom. The number of rotatable bonds is 11. The number of aryl methyl sites for hydroxylation is 3. The molecule has 1 N–H and O–H groups in total. The maximum absolute atomic E-state index is 13.6. The molecule has 9 nitrogen and oxygen atoms in total. The fraction of sp³-hybridized carbons (Fsp3) is 0.516. The molecule has 216 valence electrons. The number of tetrazole rings is 1. The second kappa shape index (κ2) is 12.7. The van der Waals surface area contributed by atoms with E-state index in [1.54, 1.807) is 25.2 Å². The van der Waals surface area contributed by atoms with Crippen LogP contribution >= 0.6 is 0 Å². The second-order valence-electron chi connectivity index (χ2n) is 11.4. The Balaban J connectivity index is 1.46. The zero-order chi connectivity index (χ0) is 28.9. The van der Waals surface area contributed by atoms with E-state index in [-0.39, 0.29) is 5.92 Å². The lowest BCUT2D eigenvalue weighted by Crippen LogP contribution is -2.34. The van der Waals surface area contributed by atoms with Crippen LogP contribution in [-0.2, 0) is 44.4 Å². The number of carbonyl (C=O) groups is 1. The smallest absolute Gasteiger partial charge is 0.306 e. The lowest BCUT2D eigenvalue weighted by Gasteiger charge is -2.34. The average molecular weight is 560 g/mol. The third-order valence-electron chi connectivity index (χ3n) is 8.54. The van der Waals surface area contributed by atoms with E-state index in [0.29, 0.717) is 36.1 Å². The van der Waals surface area contributed by atoms with E-state index in [0.717, 1.165) is 63.6 Å². The van der Waals surface area contributed by atoms with Crippen molar-refractivity contribution in [2.75, 3.05) is 22.9 Å². The van der Waals surface area contributed by atoms with Crippen LogP contribution in [0.15, 0.2) is 30.3 Å². The zero-order valence-electron chi connectivity index (χ0n) is 23.9. The Kier molecular flexibility index (Phi) is 8.81. The summed E-state index contributed by atoms with van der Waals surface area (Å²) < 4.78 is 13.6. The third-order valence-corrected chi connectivity index (χ3v) is 8.54. The van der Waals surface area contributed by atoms with Gasteiger partial charge < -0.3 is 14.9 Å². The van der Waals surface area contributed by atoms with Crippen molar-refractivity contribution in [2.24, 2.45) is 18.9 Å². The summed E-state index contributed by atoms with van der Waals surface area (Å²) in [6.07, 6.45) is 6.61. The van der Waals surface area contributed by atoms with Crippen molar-refractivity contribution >= 4 is 17.6 Å². The van der Waals surface area contributed by atoms with Gasteiger partial charge >= 0.3 is 5.97 Å². The SMILES string of the molecule is CCN(CC1CCC(C(=O)O)CC1)c1cc2c(cc1CN(Cc1cc(C#N)cc(CF)c1)c1nnn(C)n1)CCC2. The summed E-state index contributed by atoms with van der Waals surface area (Å²) in [4.78, 5) is 17.4. The topological polar surface area (TPSA) is 111 Å². The minimum Gasteiger partial charge on any atom is -0.481 e. The predicted molar refractivity (Wildman–Crippen MR) is 154 cm³/mol. The highest BCUT2D eigenvalue weighted by molar-refractivity contribution is 5.70. The molecule has 1 saturated carbocycles. The average Bonchev–Trinajstić information content (AvgIpc) is 3.63. The molecule has 41 heavy (non-hydrogen) atoms. The van der Waals surface area contributed by atoms with Crippen LogP contribution in [0.4, 0.5) is 16.0 Å². The maximum Gasteiger partial charge on any atom is 0.306 e. The standard InChI is InChI=1S/C31H38FN7O2/c1-3-38(18-21-7-9-25(10-8-21)30(40)41)29-15-27-6-4-5-26(27)14-28(29)20-39(31-34-36-37(2)35-31)19-24-12-22(16-32)11-23(13-24)17-33/h11-15,21,25H,3-10,16,18-20H2,1-2H3,(H,40,41). The number of halogens is 1. The van der Waals surface area contributed by atoms with Crippen LogP contribution < -0.4 is 9.80 Å². The lowest BCUT2D eigenvalue weighted by atomic mass is 9.81. The molecule has 0 aliphatic heterocycles. The van der Waals surface area contributed by atoms with E-state index in [1.807, 2.05) is 4.90 Å². The summed E-state index contributed by atoms with van der Waals surface area (Å²) in [7, 11) is 1.73. The number of aromatic nitrogens is 4. The van der Waals surface area contributed by atoms with Gasteiger partial charge in [-0.05, 0) is 109 Å². The number of hydrogen-bond acceptors (Lipinski definition) is 7. The first-order valence-corrected chi connectivity index (χ1v) is 14.6. The number of carboxylic acid groups (broad SMARTS) is 1. The van der Waals surface area contributed by atoms with Gasteiger partial charge in [-0.15, -0.1) is 5.10 Å². The Hall–Kier alpha value is -4.00. The fourth-order valence-electron chi connectivity index (χ4n) is 6.40. The Labute approximate surface area is 240 Å². The van der Waals surface area contributed by atoms with Gasteiger partial charge in [-0.1, -0.05) is 17.2 Å². The molecule has 0 saturated heterocycles. The number of aliphatic carboxylic acids is 1. The third kappa shape index (κ3) is 6.67. The lowest BCUT2D eigenvalue weighted by molar-refractivity contribution is -0.143. The molecule has 1 heterocycles. The molecule has 10 heteroatoms. The number of anilines is 2. The van der Waals surface area contributed by atoms with Crippen LogP contribution in [-0.4, -0.2) is 44.4 Å². The van der Waals surface area contributed by atoms with Gasteiger partial charge in [-0.2, -0.15) is 10.1 Å². The summed E-state index contributed by atoms with van der Waals surface area (Å²) >= 11 is 0. The molecule has 5 rings (SSSR count). The molecule has 1 fully saturated rings. The van der Waals surface area contributed by atoms with E-state index >= 15 is 0 Å². The van der Waals surface area contributed by atoms with Crippen LogP contribution in [0.1, 0.15) is 72.4 Å². The van der Waals surface area contributed by atoms with Gasteiger partial charge in [-0.25, -0.2) is 4.39 Å². The van der Waals surface area contributed by atoms with Gasteiger partial charge in [0.15, 0.2) is 0 Å². The number of nitriles is 1. The highest BCUT2D eigenvalue weighted by atomic mass is 19.1. The second-order valence-corrected chi connectivity index (χ2v) is 11.4. The molecule has 0 amide bonds. The summed E-state index contributed by atoms with van der Waals surface area (Å²) in [6, 6.07) is 12.0. The fourth-order valence-corrected chi connectivity index (χ4v) is 6.40. The van der Waals surface area contributed by atoms with Crippen molar-refractivity contribution in [3.05, 3.63) is 63.7 Å². The Bertz CT molecular complexity index is 1420. The van der Waals surface area contributed by atoms with Crippen molar-refractivity contribution in [3.8, 4) is 6.07 Å². The van der Waals surface area contributed by atoms with Gasteiger partial charge in [0, 0.05) is 31.9 Å². The van der Waals surface area contributed by atoms with E-state index in [2.05, 4.69) is 45.4 Å². The van der Waals surface area contributed by atoms with E-state index in [4.69, 9.17) is 0 Å². The van der Waals surface area contributed by atoms with Crippen molar-refractivity contribution in [3.63, 3.8) is 0 Å². The molecule has 0 atom stereocenters. The highest BCUT2D eigenvalue weighted by Crippen LogP contribution is 2.35. The van der Waals surface area contributed by atoms with Crippen molar-refractivity contribution in [1.29, 1.82) is 5.26 Å². The molecule has 0 bridgehead atoms. The monoisotopic (exact) mass is 559 g/mol. The Morgan fingerprint density at radius 3 is 2.44 bits per heavy atom. The van der Waals surface area contributed by atoms with Crippen molar-refractivity contribution in [2.45, 2.75) is 71.6 Å². The molecule has 0 spiro atoms. The number of alkyl halides is 1. The van der Waals surface area contributed by atoms with Gasteiger partial charge in [0.2, 0.25) is 0 Å². The van der Waals surface area contributed by atoms with Crippen molar-refractivity contribution in [1.82, 2.24) is 20.2 Å². The van der Waals surface area contributed by atoms with E-state index in [9.17, 15) is 19.6 Å². The summed E-state index contributed by atoms with van der Waals surface area (Å²) in [5, 5.41) is 31.8. The van der Waals surface area contributed by atoms with Gasteiger partial charge in [0.05, 0.1) is 24.6 Å². The van der Waals surface area contributed by atoms with Gasteiger partial charge in [0.25, 0.3) is 5.95 Å². The first kappa shape index (κ1) is 28.5. The van der Waals surface area contributed by atoms with Gasteiger partial charge in [0.1, 0.15) is 6.67 Å². The van der Waals surface area contributed by atoms with Crippen molar-refractivity contribution < 1.29 is 14.3 Å². The zero-order valence-corrected chi connectivity index (χ0v) is 23.9. The van der Waals surface area contributed by atoms with Gasteiger partial charge in [-0.3, -0.25) is 4.79 Å². The number of hydrogen-bond donors (Lipinski definition) is 1. The first-order chi connectivity index (χ1) is 19.9. The van der Waals surface area contributed by atoms with Crippen LogP contribution in [0.3, 0.4) is 0 Å². The predicted octanol–water partition coefficient (Wildman–Crippen LogP) is 4.96. The number of carboxylic acids is 1. The largest absolute Gasteiger partial charge is 0.481 e. The van der Waals surface area contributed by atoms with E-state index in [1.165, 1.54) is 27.2 Å². The molecule has 2 aliphatic carbocycles.